The summed E-state index contributed by atoms with van der Waals surface area (Å²) >= 11 is 3.57. The molecule has 1 heterocycles. The lowest BCUT2D eigenvalue weighted by Gasteiger charge is -2.21. The van der Waals surface area contributed by atoms with E-state index < -0.39 is 0 Å². The van der Waals surface area contributed by atoms with Crippen LogP contribution in [0.3, 0.4) is 0 Å². The third kappa shape index (κ3) is 2.35. The highest BCUT2D eigenvalue weighted by molar-refractivity contribution is 9.09. The number of fused-ring (bicyclic) bond motifs is 1. The van der Waals surface area contributed by atoms with Crippen LogP contribution in [0, 0.1) is 0 Å². The highest BCUT2D eigenvalue weighted by Crippen LogP contribution is 2.23. The van der Waals surface area contributed by atoms with Crippen molar-refractivity contribution in [1.29, 1.82) is 0 Å². The van der Waals surface area contributed by atoms with Crippen molar-refractivity contribution in [2.45, 2.75) is 11.8 Å². The smallest absolute Gasteiger partial charge is 0.136 e. The number of pyridine rings is 1. The molecule has 0 bridgehead atoms. The Morgan fingerprint density at radius 3 is 2.81 bits per heavy atom. The quantitative estimate of drug-likeness (QED) is 0.800. The molecule has 0 amide bonds. The SMILES string of the molecule is CC(Br)CN(C)c1nccc2ccccc12. The van der Waals surface area contributed by atoms with Crippen LogP contribution < -0.4 is 4.90 Å². The Hall–Kier alpha value is -1.09. The van der Waals surface area contributed by atoms with E-state index >= 15 is 0 Å². The van der Waals surface area contributed by atoms with Crippen LogP contribution in [0.4, 0.5) is 5.82 Å². The first-order valence-corrected chi connectivity index (χ1v) is 6.29. The van der Waals surface area contributed by atoms with Crippen LogP contribution in [0.5, 0.6) is 0 Å². The molecule has 1 unspecified atom stereocenters. The number of hydrogen-bond acceptors (Lipinski definition) is 2. The summed E-state index contributed by atoms with van der Waals surface area (Å²) in [4.78, 5) is 7.10. The van der Waals surface area contributed by atoms with Gasteiger partial charge < -0.3 is 4.90 Å². The van der Waals surface area contributed by atoms with E-state index in [4.69, 9.17) is 0 Å². The number of anilines is 1. The lowest BCUT2D eigenvalue weighted by Crippen LogP contribution is -2.24. The third-order valence-electron chi connectivity index (χ3n) is 2.54. The monoisotopic (exact) mass is 278 g/mol. The maximum atomic E-state index is 4.46. The van der Waals surface area contributed by atoms with Gasteiger partial charge >= 0.3 is 0 Å². The predicted molar refractivity (Wildman–Crippen MR) is 73.4 cm³/mol. The molecule has 0 saturated heterocycles. The molecule has 0 aliphatic heterocycles. The van der Waals surface area contributed by atoms with E-state index in [-0.39, 0.29) is 0 Å². The second-order valence-electron chi connectivity index (χ2n) is 4.02. The standard InChI is InChI=1S/C13H15BrN2/c1-10(14)9-16(2)13-12-6-4-3-5-11(12)7-8-15-13/h3-8,10H,9H2,1-2H3. The summed E-state index contributed by atoms with van der Waals surface area (Å²) in [6.45, 7) is 3.09. The first-order valence-electron chi connectivity index (χ1n) is 5.37. The van der Waals surface area contributed by atoms with Crippen molar-refractivity contribution in [3.63, 3.8) is 0 Å². The zero-order valence-electron chi connectivity index (χ0n) is 9.52. The Bertz CT molecular complexity index is 477. The molecule has 1 aromatic heterocycles. The lowest BCUT2D eigenvalue weighted by atomic mass is 10.1. The number of benzene rings is 1. The van der Waals surface area contributed by atoms with Crippen LogP contribution in [0.25, 0.3) is 10.8 Å². The molecule has 0 spiro atoms. The van der Waals surface area contributed by atoms with E-state index in [2.05, 4.69) is 64.1 Å². The molecule has 0 aliphatic carbocycles. The van der Waals surface area contributed by atoms with Gasteiger partial charge in [0.2, 0.25) is 0 Å². The van der Waals surface area contributed by atoms with Gasteiger partial charge in [-0.15, -0.1) is 0 Å². The van der Waals surface area contributed by atoms with Crippen LogP contribution in [0.2, 0.25) is 0 Å². The maximum absolute atomic E-state index is 4.46. The zero-order chi connectivity index (χ0) is 11.5. The topological polar surface area (TPSA) is 16.1 Å². The van der Waals surface area contributed by atoms with Gasteiger partial charge in [0, 0.05) is 30.0 Å². The Labute approximate surface area is 104 Å². The first kappa shape index (κ1) is 11.4. The second-order valence-corrected chi connectivity index (χ2v) is 5.58. The molecule has 1 aromatic carbocycles. The minimum Gasteiger partial charge on any atom is -0.358 e. The van der Waals surface area contributed by atoms with Gasteiger partial charge in [-0.25, -0.2) is 4.98 Å². The van der Waals surface area contributed by atoms with Gasteiger partial charge in [-0.2, -0.15) is 0 Å². The van der Waals surface area contributed by atoms with Crippen molar-refractivity contribution >= 4 is 32.5 Å². The normalized spacial score (nSPS) is 12.7. The molecular weight excluding hydrogens is 264 g/mol. The molecule has 0 fully saturated rings. The molecule has 2 aromatic rings. The summed E-state index contributed by atoms with van der Waals surface area (Å²) in [6, 6.07) is 10.4. The summed E-state index contributed by atoms with van der Waals surface area (Å²) in [6.07, 6.45) is 1.87. The van der Waals surface area contributed by atoms with Crippen LogP contribution in [-0.4, -0.2) is 23.4 Å². The van der Waals surface area contributed by atoms with E-state index in [0.717, 1.165) is 12.4 Å². The van der Waals surface area contributed by atoms with Gasteiger partial charge in [0.15, 0.2) is 0 Å². The highest BCUT2D eigenvalue weighted by Gasteiger charge is 2.08. The fraction of sp³-hybridized carbons (Fsp3) is 0.308. The Morgan fingerprint density at radius 2 is 2.06 bits per heavy atom. The molecule has 16 heavy (non-hydrogen) atoms. The molecule has 0 aliphatic rings. The summed E-state index contributed by atoms with van der Waals surface area (Å²) in [5.41, 5.74) is 0. The van der Waals surface area contributed by atoms with Crippen LogP contribution in [0.1, 0.15) is 6.92 Å². The van der Waals surface area contributed by atoms with Crippen molar-refractivity contribution in [3.8, 4) is 0 Å². The Kier molecular flexibility index (Phi) is 3.44. The van der Waals surface area contributed by atoms with E-state index in [1.807, 2.05) is 12.3 Å². The summed E-state index contributed by atoms with van der Waals surface area (Å²) in [5, 5.41) is 2.45. The summed E-state index contributed by atoms with van der Waals surface area (Å²) in [5.74, 6) is 1.05. The Morgan fingerprint density at radius 1 is 1.31 bits per heavy atom. The number of hydrogen-bond donors (Lipinski definition) is 0. The van der Waals surface area contributed by atoms with Crippen LogP contribution in [0.15, 0.2) is 36.5 Å². The molecule has 3 heteroatoms. The van der Waals surface area contributed by atoms with E-state index in [1.165, 1.54) is 10.8 Å². The number of rotatable bonds is 3. The average molecular weight is 279 g/mol. The predicted octanol–water partition coefficient (Wildman–Crippen LogP) is 3.45. The fourth-order valence-corrected chi connectivity index (χ4v) is 2.31. The van der Waals surface area contributed by atoms with Crippen molar-refractivity contribution in [2.75, 3.05) is 18.5 Å². The molecular formula is C13H15BrN2. The number of halogens is 1. The minimum atomic E-state index is 0.457. The summed E-state index contributed by atoms with van der Waals surface area (Å²) < 4.78 is 0. The first-order chi connectivity index (χ1) is 7.68. The van der Waals surface area contributed by atoms with E-state index in [9.17, 15) is 0 Å². The largest absolute Gasteiger partial charge is 0.358 e. The molecule has 1 atom stereocenters. The lowest BCUT2D eigenvalue weighted by molar-refractivity contribution is 0.865. The Balaban J connectivity index is 2.44. The van der Waals surface area contributed by atoms with Crippen molar-refractivity contribution < 1.29 is 0 Å². The summed E-state index contributed by atoms with van der Waals surface area (Å²) in [7, 11) is 2.08. The van der Waals surface area contributed by atoms with Crippen molar-refractivity contribution in [1.82, 2.24) is 4.98 Å². The highest BCUT2D eigenvalue weighted by atomic mass is 79.9. The molecule has 2 nitrogen and oxygen atoms in total. The second kappa shape index (κ2) is 4.83. The molecule has 0 radical (unpaired) electrons. The molecule has 0 N–H and O–H groups in total. The molecule has 84 valence electrons. The van der Waals surface area contributed by atoms with Gasteiger partial charge in [-0.05, 0) is 11.5 Å². The minimum absolute atomic E-state index is 0.457. The average Bonchev–Trinajstić information content (AvgIpc) is 2.27. The number of alkyl halides is 1. The van der Waals surface area contributed by atoms with E-state index in [0.29, 0.717) is 4.83 Å². The van der Waals surface area contributed by atoms with Gasteiger partial charge in [0.25, 0.3) is 0 Å². The number of aromatic nitrogens is 1. The fourth-order valence-electron chi connectivity index (χ4n) is 1.87. The number of nitrogens with zero attached hydrogens (tertiary/aromatic N) is 2. The van der Waals surface area contributed by atoms with Crippen molar-refractivity contribution in [3.05, 3.63) is 36.5 Å². The molecule has 2 rings (SSSR count). The van der Waals surface area contributed by atoms with Gasteiger partial charge in [0.05, 0.1) is 0 Å². The zero-order valence-corrected chi connectivity index (χ0v) is 11.1. The van der Waals surface area contributed by atoms with Crippen LogP contribution in [-0.2, 0) is 0 Å². The van der Waals surface area contributed by atoms with Crippen molar-refractivity contribution in [2.24, 2.45) is 0 Å². The third-order valence-corrected chi connectivity index (χ3v) is 2.83. The van der Waals surface area contributed by atoms with Gasteiger partial charge in [-0.3, -0.25) is 0 Å². The molecule has 0 saturated carbocycles. The van der Waals surface area contributed by atoms with Crippen LogP contribution >= 0.6 is 15.9 Å². The maximum Gasteiger partial charge on any atom is 0.136 e. The van der Waals surface area contributed by atoms with E-state index in [1.54, 1.807) is 0 Å². The van der Waals surface area contributed by atoms with Gasteiger partial charge in [0.1, 0.15) is 5.82 Å². The van der Waals surface area contributed by atoms with Gasteiger partial charge in [-0.1, -0.05) is 47.1 Å².